The second-order valence-corrected chi connectivity index (χ2v) is 7.57. The van der Waals surface area contributed by atoms with E-state index in [1.165, 1.54) is 11.8 Å². The van der Waals surface area contributed by atoms with Crippen molar-refractivity contribution in [3.05, 3.63) is 53.3 Å². The van der Waals surface area contributed by atoms with Crippen molar-refractivity contribution in [3.8, 4) is 17.1 Å². The van der Waals surface area contributed by atoms with Crippen molar-refractivity contribution in [2.24, 2.45) is 0 Å². The normalized spacial score (nSPS) is 16.9. The average Bonchev–Trinajstić information content (AvgIpc) is 3.22. The van der Waals surface area contributed by atoms with Gasteiger partial charge in [-0.3, -0.25) is 0 Å². The van der Waals surface area contributed by atoms with Crippen LogP contribution < -0.4 is 4.74 Å². The summed E-state index contributed by atoms with van der Waals surface area (Å²) in [7, 11) is 0. The molecule has 0 bridgehead atoms. The van der Waals surface area contributed by atoms with Crippen LogP contribution in [0.5, 0.6) is 5.88 Å². The summed E-state index contributed by atoms with van der Waals surface area (Å²) < 4.78 is 13.9. The maximum atomic E-state index is 6.57. The first kappa shape index (κ1) is 19.2. The highest BCUT2D eigenvalue weighted by Crippen LogP contribution is 2.38. The van der Waals surface area contributed by atoms with E-state index in [9.17, 15) is 0 Å². The quantitative estimate of drug-likeness (QED) is 0.320. The Bertz CT molecular complexity index is 929. The zero-order valence-electron chi connectivity index (χ0n) is 15.5. The van der Waals surface area contributed by atoms with E-state index in [2.05, 4.69) is 15.1 Å². The minimum Gasteiger partial charge on any atom is -0.472 e. The van der Waals surface area contributed by atoms with Gasteiger partial charge in [0, 0.05) is 12.8 Å². The highest BCUT2D eigenvalue weighted by molar-refractivity contribution is 7.98. The highest BCUT2D eigenvalue weighted by atomic mass is 35.5. The number of aromatic nitrogens is 4. The number of nitrogens with zero attached hydrogens (tertiary/aromatic N) is 4. The first-order chi connectivity index (χ1) is 13.8. The van der Waals surface area contributed by atoms with Gasteiger partial charge >= 0.3 is 0 Å². The van der Waals surface area contributed by atoms with Gasteiger partial charge in [0.15, 0.2) is 11.4 Å². The molecule has 0 spiro atoms. The first-order valence-electron chi connectivity index (χ1n) is 9.20. The Morgan fingerprint density at radius 3 is 2.82 bits per heavy atom. The maximum absolute atomic E-state index is 6.57. The Balaban J connectivity index is 1.71. The van der Waals surface area contributed by atoms with Crippen LogP contribution in [-0.4, -0.2) is 32.6 Å². The van der Waals surface area contributed by atoms with Crippen LogP contribution in [0.15, 0.2) is 47.8 Å². The number of rotatable bonds is 6. The van der Waals surface area contributed by atoms with Crippen molar-refractivity contribution in [1.29, 1.82) is 0 Å². The van der Waals surface area contributed by atoms with Crippen LogP contribution in [0, 0.1) is 0 Å². The molecule has 3 heterocycles. The largest absolute Gasteiger partial charge is 0.472 e. The standard InChI is InChI=1S/C20H21ClN4O2S/c1-28-20-23-18(21)17(19(24-20)27-13-14-7-3-2-4-8-14)15-10-11-22-25(15)16-9-5-6-12-26-16/h2-4,7-8,10-11,16H,5-6,9,12-13H2,1H3. The maximum Gasteiger partial charge on any atom is 0.228 e. The van der Waals surface area contributed by atoms with Gasteiger partial charge in [-0.1, -0.05) is 53.7 Å². The summed E-state index contributed by atoms with van der Waals surface area (Å²) in [5.41, 5.74) is 2.49. The van der Waals surface area contributed by atoms with Gasteiger partial charge in [-0.25, -0.2) is 9.67 Å². The SMILES string of the molecule is CSc1nc(Cl)c(-c2ccnn2C2CCCCO2)c(OCc2ccccc2)n1. The van der Waals surface area contributed by atoms with Gasteiger partial charge < -0.3 is 9.47 Å². The molecule has 1 fully saturated rings. The lowest BCUT2D eigenvalue weighted by Gasteiger charge is -2.25. The molecule has 0 N–H and O–H groups in total. The smallest absolute Gasteiger partial charge is 0.228 e. The highest BCUT2D eigenvalue weighted by Gasteiger charge is 2.25. The van der Waals surface area contributed by atoms with Crippen LogP contribution in [0.2, 0.25) is 5.15 Å². The van der Waals surface area contributed by atoms with E-state index >= 15 is 0 Å². The van der Waals surface area contributed by atoms with E-state index in [1.807, 2.05) is 47.3 Å². The molecule has 1 saturated heterocycles. The summed E-state index contributed by atoms with van der Waals surface area (Å²) in [5, 5.41) is 5.39. The van der Waals surface area contributed by atoms with E-state index in [-0.39, 0.29) is 6.23 Å². The second kappa shape index (κ2) is 8.94. The molecule has 1 aliphatic heterocycles. The number of thioether (sulfide) groups is 1. The summed E-state index contributed by atoms with van der Waals surface area (Å²) in [6, 6.07) is 11.9. The van der Waals surface area contributed by atoms with E-state index in [0.29, 0.717) is 28.4 Å². The number of hydrogen-bond acceptors (Lipinski definition) is 6. The van der Waals surface area contributed by atoms with Crippen LogP contribution in [0.3, 0.4) is 0 Å². The number of ether oxygens (including phenoxy) is 2. The number of benzene rings is 1. The van der Waals surface area contributed by atoms with Crippen molar-refractivity contribution in [1.82, 2.24) is 19.7 Å². The summed E-state index contributed by atoms with van der Waals surface area (Å²) in [5.74, 6) is 0.450. The number of hydrogen-bond donors (Lipinski definition) is 0. The molecule has 1 unspecified atom stereocenters. The second-order valence-electron chi connectivity index (χ2n) is 6.44. The predicted octanol–water partition coefficient (Wildman–Crippen LogP) is 4.99. The summed E-state index contributed by atoms with van der Waals surface area (Å²) in [6.07, 6.45) is 6.63. The molecule has 4 rings (SSSR count). The molecule has 3 aromatic rings. The fourth-order valence-corrected chi connectivity index (χ4v) is 3.86. The third-order valence-electron chi connectivity index (χ3n) is 4.57. The lowest BCUT2D eigenvalue weighted by Crippen LogP contribution is -2.20. The zero-order chi connectivity index (χ0) is 19.3. The average molecular weight is 417 g/mol. The van der Waals surface area contributed by atoms with E-state index in [1.54, 1.807) is 6.20 Å². The molecule has 0 amide bonds. The van der Waals surface area contributed by atoms with Gasteiger partial charge in [-0.15, -0.1) is 0 Å². The molecule has 28 heavy (non-hydrogen) atoms. The van der Waals surface area contributed by atoms with Crippen molar-refractivity contribution in [2.75, 3.05) is 12.9 Å². The summed E-state index contributed by atoms with van der Waals surface area (Å²) in [4.78, 5) is 8.98. The van der Waals surface area contributed by atoms with Gasteiger partial charge in [-0.05, 0) is 37.1 Å². The summed E-state index contributed by atoms with van der Waals surface area (Å²) >= 11 is 7.99. The molecule has 0 aliphatic carbocycles. The molecule has 146 valence electrons. The minimum absolute atomic E-state index is 0.114. The Morgan fingerprint density at radius 2 is 2.07 bits per heavy atom. The Hall–Kier alpha value is -2.09. The fourth-order valence-electron chi connectivity index (χ4n) is 3.19. The van der Waals surface area contributed by atoms with Gasteiger partial charge in [0.05, 0.1) is 11.3 Å². The zero-order valence-corrected chi connectivity index (χ0v) is 17.1. The third-order valence-corrected chi connectivity index (χ3v) is 5.39. The minimum atomic E-state index is -0.114. The van der Waals surface area contributed by atoms with Gasteiger partial charge in [-0.2, -0.15) is 10.1 Å². The fraction of sp³-hybridized carbons (Fsp3) is 0.350. The van der Waals surface area contributed by atoms with Crippen LogP contribution in [0.4, 0.5) is 0 Å². The number of halogens is 1. The Morgan fingerprint density at radius 1 is 1.21 bits per heavy atom. The van der Waals surface area contributed by atoms with E-state index in [4.69, 9.17) is 21.1 Å². The summed E-state index contributed by atoms with van der Waals surface area (Å²) in [6.45, 7) is 1.13. The molecular weight excluding hydrogens is 396 g/mol. The first-order valence-corrected chi connectivity index (χ1v) is 10.8. The predicted molar refractivity (Wildman–Crippen MR) is 110 cm³/mol. The lowest BCUT2D eigenvalue weighted by molar-refractivity contribution is -0.0383. The van der Waals surface area contributed by atoms with Crippen molar-refractivity contribution < 1.29 is 9.47 Å². The molecule has 1 aliphatic rings. The van der Waals surface area contributed by atoms with Gasteiger partial charge in [0.2, 0.25) is 5.88 Å². The molecule has 1 aromatic carbocycles. The van der Waals surface area contributed by atoms with Gasteiger partial charge in [0.25, 0.3) is 0 Å². The van der Waals surface area contributed by atoms with Crippen LogP contribution in [0.1, 0.15) is 31.1 Å². The molecule has 1 atom stereocenters. The molecular formula is C20H21ClN4O2S. The monoisotopic (exact) mass is 416 g/mol. The molecule has 2 aromatic heterocycles. The lowest BCUT2D eigenvalue weighted by atomic mass is 10.1. The molecule has 6 nitrogen and oxygen atoms in total. The van der Waals surface area contributed by atoms with E-state index in [0.717, 1.165) is 37.1 Å². The van der Waals surface area contributed by atoms with Gasteiger partial charge in [0.1, 0.15) is 11.8 Å². The molecule has 0 saturated carbocycles. The van der Waals surface area contributed by atoms with Crippen LogP contribution in [0.25, 0.3) is 11.3 Å². The van der Waals surface area contributed by atoms with Crippen molar-refractivity contribution in [2.45, 2.75) is 37.3 Å². The van der Waals surface area contributed by atoms with Crippen LogP contribution in [-0.2, 0) is 11.3 Å². The molecule has 8 heteroatoms. The van der Waals surface area contributed by atoms with Crippen LogP contribution >= 0.6 is 23.4 Å². The van der Waals surface area contributed by atoms with E-state index < -0.39 is 0 Å². The Kier molecular flexibility index (Phi) is 6.14. The molecule has 0 radical (unpaired) electrons. The topological polar surface area (TPSA) is 62.1 Å². The Labute approximate surface area is 173 Å². The van der Waals surface area contributed by atoms with Crippen molar-refractivity contribution >= 4 is 23.4 Å². The third kappa shape index (κ3) is 4.16. The van der Waals surface area contributed by atoms with Crippen molar-refractivity contribution in [3.63, 3.8) is 0 Å².